The lowest BCUT2D eigenvalue weighted by Crippen LogP contribution is -2.05. The molecule has 0 aliphatic carbocycles. The Morgan fingerprint density at radius 2 is 1.75 bits per heavy atom. The van der Waals surface area contributed by atoms with E-state index in [9.17, 15) is 0 Å². The average molecular weight is 336 g/mol. The predicted octanol–water partition coefficient (Wildman–Crippen LogP) is 2.85. The van der Waals surface area contributed by atoms with E-state index in [1.165, 1.54) is 0 Å². The van der Waals surface area contributed by atoms with Gasteiger partial charge in [-0.2, -0.15) is 17.7 Å². The van der Waals surface area contributed by atoms with Gasteiger partial charge in [0.05, 0.1) is 0 Å². The van der Waals surface area contributed by atoms with Gasteiger partial charge in [-0.3, -0.25) is 4.68 Å². The second kappa shape index (κ2) is 5.76. The largest absolute Gasteiger partial charge is 0.251 e. The fourth-order valence-electron chi connectivity index (χ4n) is 2.63. The maximum Gasteiger partial charge on any atom is 0.181 e. The molecule has 0 bridgehead atoms. The molecule has 0 aliphatic rings. The second-order valence-electron chi connectivity index (χ2n) is 5.59. The molecule has 4 rings (SSSR count). The maximum atomic E-state index is 4.69. The van der Waals surface area contributed by atoms with Gasteiger partial charge in [0.25, 0.3) is 0 Å². The van der Waals surface area contributed by atoms with Crippen LogP contribution >= 0.6 is 12.6 Å². The van der Waals surface area contributed by atoms with E-state index in [1.807, 2.05) is 67.0 Å². The Bertz CT molecular complexity index is 1000. The van der Waals surface area contributed by atoms with Crippen LogP contribution in [0.15, 0.2) is 48.5 Å². The Hall–Kier alpha value is -2.67. The SMILES string of the molecule is Cc1cccc2nc(C(S)c3nc(-c4ccccc4)nn3C)nn12. The lowest BCUT2D eigenvalue weighted by atomic mass is 10.2. The third kappa shape index (κ3) is 2.46. The van der Waals surface area contributed by atoms with Gasteiger partial charge in [0, 0.05) is 18.3 Å². The predicted molar refractivity (Wildman–Crippen MR) is 95.0 cm³/mol. The number of pyridine rings is 1. The highest BCUT2D eigenvalue weighted by molar-refractivity contribution is 7.80. The van der Waals surface area contributed by atoms with Crippen LogP contribution in [0.3, 0.4) is 0 Å². The first-order valence-corrected chi connectivity index (χ1v) is 8.12. The first-order valence-electron chi connectivity index (χ1n) is 7.60. The molecular formula is C17H16N6S. The van der Waals surface area contributed by atoms with Crippen molar-refractivity contribution >= 4 is 18.3 Å². The number of thiol groups is 1. The summed E-state index contributed by atoms with van der Waals surface area (Å²) in [5.74, 6) is 2.00. The van der Waals surface area contributed by atoms with Gasteiger partial charge >= 0.3 is 0 Å². The van der Waals surface area contributed by atoms with E-state index >= 15 is 0 Å². The zero-order chi connectivity index (χ0) is 16.7. The summed E-state index contributed by atoms with van der Waals surface area (Å²) in [6, 6.07) is 15.8. The van der Waals surface area contributed by atoms with Crippen LogP contribution in [0, 0.1) is 6.92 Å². The van der Waals surface area contributed by atoms with Crippen molar-refractivity contribution in [2.24, 2.45) is 7.05 Å². The highest BCUT2D eigenvalue weighted by Gasteiger charge is 2.22. The lowest BCUT2D eigenvalue weighted by Gasteiger charge is -2.04. The molecular weight excluding hydrogens is 320 g/mol. The van der Waals surface area contributed by atoms with E-state index in [0.717, 1.165) is 16.9 Å². The second-order valence-corrected chi connectivity index (χ2v) is 6.11. The molecule has 1 atom stereocenters. The maximum absolute atomic E-state index is 4.69. The van der Waals surface area contributed by atoms with Crippen molar-refractivity contribution in [2.45, 2.75) is 12.2 Å². The van der Waals surface area contributed by atoms with Crippen molar-refractivity contribution in [2.75, 3.05) is 0 Å². The van der Waals surface area contributed by atoms with E-state index in [0.29, 0.717) is 17.5 Å². The van der Waals surface area contributed by atoms with Crippen molar-refractivity contribution < 1.29 is 0 Å². The number of aryl methyl sites for hydroxylation is 2. The first-order chi connectivity index (χ1) is 11.6. The molecule has 1 aromatic carbocycles. The quantitative estimate of drug-likeness (QED) is 0.585. The highest BCUT2D eigenvalue weighted by Crippen LogP contribution is 2.26. The molecule has 3 heterocycles. The summed E-state index contributed by atoms with van der Waals surface area (Å²) < 4.78 is 3.55. The van der Waals surface area contributed by atoms with Crippen molar-refractivity contribution in [3.8, 4) is 11.4 Å². The van der Waals surface area contributed by atoms with Crippen molar-refractivity contribution in [3.05, 3.63) is 65.9 Å². The molecule has 1 unspecified atom stereocenters. The molecule has 7 heteroatoms. The molecule has 0 radical (unpaired) electrons. The number of benzene rings is 1. The van der Waals surface area contributed by atoms with E-state index < -0.39 is 0 Å². The third-order valence-electron chi connectivity index (χ3n) is 3.88. The molecule has 0 N–H and O–H groups in total. The summed E-state index contributed by atoms with van der Waals surface area (Å²) >= 11 is 4.69. The summed E-state index contributed by atoms with van der Waals surface area (Å²) in [4.78, 5) is 9.20. The summed E-state index contributed by atoms with van der Waals surface area (Å²) in [6.07, 6.45) is 0. The van der Waals surface area contributed by atoms with Gasteiger partial charge in [0.1, 0.15) is 11.1 Å². The highest BCUT2D eigenvalue weighted by atomic mass is 32.1. The monoisotopic (exact) mass is 336 g/mol. The fourth-order valence-corrected chi connectivity index (χ4v) is 2.96. The topological polar surface area (TPSA) is 60.9 Å². The average Bonchev–Trinajstić information content (AvgIpc) is 3.20. The Labute approximate surface area is 144 Å². The molecule has 0 aliphatic heterocycles. The molecule has 0 amide bonds. The van der Waals surface area contributed by atoms with Gasteiger partial charge in [0.15, 0.2) is 17.3 Å². The van der Waals surface area contributed by atoms with Crippen LogP contribution in [-0.2, 0) is 7.05 Å². The van der Waals surface area contributed by atoms with E-state index in [-0.39, 0.29) is 5.25 Å². The Balaban J connectivity index is 1.75. The molecule has 3 aromatic heterocycles. The van der Waals surface area contributed by atoms with Crippen molar-refractivity contribution in [1.29, 1.82) is 0 Å². The number of fused-ring (bicyclic) bond motifs is 1. The molecule has 24 heavy (non-hydrogen) atoms. The number of rotatable bonds is 3. The number of hydrogen-bond acceptors (Lipinski definition) is 5. The lowest BCUT2D eigenvalue weighted by molar-refractivity contribution is 0.702. The molecule has 120 valence electrons. The van der Waals surface area contributed by atoms with Crippen LogP contribution in [0.25, 0.3) is 17.0 Å². The summed E-state index contributed by atoms with van der Waals surface area (Å²) in [7, 11) is 1.86. The Kier molecular flexibility index (Phi) is 3.57. The van der Waals surface area contributed by atoms with Crippen LogP contribution in [0.1, 0.15) is 22.6 Å². The molecule has 0 saturated heterocycles. The van der Waals surface area contributed by atoms with E-state index in [4.69, 9.17) is 0 Å². The van der Waals surface area contributed by atoms with Crippen LogP contribution in [0.2, 0.25) is 0 Å². The van der Waals surface area contributed by atoms with Crippen molar-refractivity contribution in [3.63, 3.8) is 0 Å². The Morgan fingerprint density at radius 3 is 2.50 bits per heavy atom. The molecule has 0 fully saturated rings. The molecule has 0 saturated carbocycles. The number of hydrogen-bond donors (Lipinski definition) is 1. The standard InChI is InChI=1S/C17H16N6S/c1-11-7-6-10-13-18-16(21-23(11)13)14(24)17-19-15(20-22(17)2)12-8-4-3-5-9-12/h3-10,14,24H,1-2H3. The summed E-state index contributed by atoms with van der Waals surface area (Å²) in [5.41, 5.74) is 2.79. The van der Waals surface area contributed by atoms with Gasteiger partial charge in [0.2, 0.25) is 0 Å². The minimum absolute atomic E-state index is 0.348. The smallest absolute Gasteiger partial charge is 0.181 e. The zero-order valence-corrected chi connectivity index (χ0v) is 14.2. The van der Waals surface area contributed by atoms with Crippen molar-refractivity contribution in [1.82, 2.24) is 29.4 Å². The van der Waals surface area contributed by atoms with Crippen LogP contribution in [0.5, 0.6) is 0 Å². The number of aromatic nitrogens is 6. The molecule has 6 nitrogen and oxygen atoms in total. The number of nitrogens with zero attached hydrogens (tertiary/aromatic N) is 6. The molecule has 4 aromatic rings. The normalized spacial score (nSPS) is 12.6. The zero-order valence-electron chi connectivity index (χ0n) is 13.3. The fraction of sp³-hybridized carbons (Fsp3) is 0.176. The van der Waals surface area contributed by atoms with Gasteiger partial charge < -0.3 is 0 Å². The van der Waals surface area contributed by atoms with Gasteiger partial charge in [-0.1, -0.05) is 36.4 Å². The minimum atomic E-state index is -0.348. The van der Waals surface area contributed by atoms with Crippen LogP contribution in [0.4, 0.5) is 0 Å². The van der Waals surface area contributed by atoms with Gasteiger partial charge in [-0.15, -0.1) is 5.10 Å². The van der Waals surface area contributed by atoms with E-state index in [1.54, 1.807) is 4.68 Å². The summed E-state index contributed by atoms with van der Waals surface area (Å²) in [5, 5.41) is 8.71. The van der Waals surface area contributed by atoms with Gasteiger partial charge in [-0.25, -0.2) is 14.5 Å². The summed E-state index contributed by atoms with van der Waals surface area (Å²) in [6.45, 7) is 1.99. The minimum Gasteiger partial charge on any atom is -0.251 e. The van der Waals surface area contributed by atoms with Gasteiger partial charge in [-0.05, 0) is 19.1 Å². The first kappa shape index (κ1) is 14.9. The van der Waals surface area contributed by atoms with E-state index in [2.05, 4.69) is 32.8 Å². The Morgan fingerprint density at radius 1 is 0.958 bits per heavy atom. The third-order valence-corrected chi connectivity index (χ3v) is 4.35. The molecule has 0 spiro atoms. The van der Waals surface area contributed by atoms with Crippen LogP contribution in [-0.4, -0.2) is 29.4 Å². The van der Waals surface area contributed by atoms with Crippen LogP contribution < -0.4 is 0 Å².